The second kappa shape index (κ2) is 7.02. The van der Waals surface area contributed by atoms with E-state index in [1.165, 1.54) is 11.3 Å². The summed E-state index contributed by atoms with van der Waals surface area (Å²) >= 11 is 1.30. The maximum atomic E-state index is 12.1. The molecule has 1 saturated carbocycles. The van der Waals surface area contributed by atoms with E-state index in [1.807, 2.05) is 7.05 Å². The van der Waals surface area contributed by atoms with Gasteiger partial charge in [0.25, 0.3) is 5.91 Å². The molecule has 2 amide bonds. The first-order valence-electron chi connectivity index (χ1n) is 7.10. The van der Waals surface area contributed by atoms with Gasteiger partial charge in [-0.1, -0.05) is 0 Å². The molecule has 1 aromatic rings. The summed E-state index contributed by atoms with van der Waals surface area (Å²) in [5.41, 5.74) is 11.5. The number of nitrogens with one attached hydrogen (secondary N) is 1. The van der Waals surface area contributed by atoms with Gasteiger partial charge in [0.05, 0.1) is 12.1 Å². The Morgan fingerprint density at radius 1 is 1.38 bits per heavy atom. The van der Waals surface area contributed by atoms with Gasteiger partial charge in [0, 0.05) is 12.1 Å². The average molecular weight is 310 g/mol. The van der Waals surface area contributed by atoms with Crippen LogP contribution >= 0.6 is 11.3 Å². The van der Waals surface area contributed by atoms with Gasteiger partial charge in [-0.25, -0.2) is 0 Å². The lowest BCUT2D eigenvalue weighted by molar-refractivity contribution is -0.117. The highest BCUT2D eigenvalue weighted by Gasteiger charge is 2.23. The van der Waals surface area contributed by atoms with Crippen molar-refractivity contribution in [1.29, 1.82) is 0 Å². The van der Waals surface area contributed by atoms with Crippen LogP contribution in [0.15, 0.2) is 11.4 Å². The Labute approximate surface area is 128 Å². The molecule has 0 saturated heterocycles. The molecule has 1 heterocycles. The molecule has 6 nitrogen and oxygen atoms in total. The van der Waals surface area contributed by atoms with Gasteiger partial charge >= 0.3 is 0 Å². The first kappa shape index (κ1) is 15.9. The minimum atomic E-state index is -0.527. The largest absolute Gasteiger partial charge is 0.366 e. The van der Waals surface area contributed by atoms with E-state index >= 15 is 0 Å². The van der Waals surface area contributed by atoms with E-state index in [2.05, 4.69) is 10.2 Å². The summed E-state index contributed by atoms with van der Waals surface area (Å²) in [4.78, 5) is 25.4. The fourth-order valence-electron chi connectivity index (χ4n) is 2.66. The molecule has 1 aliphatic carbocycles. The summed E-state index contributed by atoms with van der Waals surface area (Å²) < 4.78 is 0. The normalized spacial score (nSPS) is 22.2. The molecule has 1 aromatic heterocycles. The standard InChI is InChI=1S/C14H22N4O2S/c1-18(10-4-2-9(15)3-5-10)8-12(19)17-14-11(13(16)20)6-7-21-14/h6-7,9-10H,2-5,8,15H2,1H3,(H2,16,20)(H,17,19). The average Bonchev–Trinajstić information content (AvgIpc) is 2.87. The van der Waals surface area contributed by atoms with E-state index in [0.717, 1.165) is 25.7 Å². The molecule has 0 bridgehead atoms. The number of rotatable bonds is 5. The van der Waals surface area contributed by atoms with Gasteiger partial charge in [-0.2, -0.15) is 0 Å². The topological polar surface area (TPSA) is 101 Å². The molecule has 116 valence electrons. The lowest BCUT2D eigenvalue weighted by Gasteiger charge is -2.33. The van der Waals surface area contributed by atoms with E-state index in [9.17, 15) is 9.59 Å². The fraction of sp³-hybridized carbons (Fsp3) is 0.571. The summed E-state index contributed by atoms with van der Waals surface area (Å²) in [7, 11) is 1.95. The molecule has 2 rings (SSSR count). The van der Waals surface area contributed by atoms with E-state index in [4.69, 9.17) is 11.5 Å². The molecule has 21 heavy (non-hydrogen) atoms. The van der Waals surface area contributed by atoms with Gasteiger partial charge in [-0.15, -0.1) is 11.3 Å². The smallest absolute Gasteiger partial charge is 0.251 e. The van der Waals surface area contributed by atoms with Crippen LogP contribution in [-0.2, 0) is 4.79 Å². The first-order chi connectivity index (χ1) is 9.97. The number of nitrogens with zero attached hydrogens (tertiary/aromatic N) is 1. The minimum Gasteiger partial charge on any atom is -0.366 e. The number of hydrogen-bond donors (Lipinski definition) is 3. The quantitative estimate of drug-likeness (QED) is 0.754. The SMILES string of the molecule is CN(CC(=O)Nc1sccc1C(N)=O)C1CCC(N)CC1. The van der Waals surface area contributed by atoms with E-state index in [0.29, 0.717) is 29.2 Å². The molecule has 5 N–H and O–H groups in total. The van der Waals surface area contributed by atoms with E-state index < -0.39 is 5.91 Å². The third-order valence-electron chi connectivity index (χ3n) is 3.94. The van der Waals surface area contributed by atoms with Gasteiger partial charge in [-0.05, 0) is 44.2 Å². The van der Waals surface area contributed by atoms with Crippen LogP contribution in [0.2, 0.25) is 0 Å². The lowest BCUT2D eigenvalue weighted by Crippen LogP contribution is -2.42. The van der Waals surface area contributed by atoms with Crippen molar-refractivity contribution < 1.29 is 9.59 Å². The van der Waals surface area contributed by atoms with Gasteiger partial charge in [-0.3, -0.25) is 14.5 Å². The molecule has 1 aliphatic rings. The Hall–Kier alpha value is -1.44. The Bertz CT molecular complexity index is 509. The van der Waals surface area contributed by atoms with Crippen molar-refractivity contribution in [2.24, 2.45) is 11.5 Å². The monoisotopic (exact) mass is 310 g/mol. The predicted octanol–water partition coefficient (Wildman–Crippen LogP) is 0.987. The number of carbonyl (C=O) groups is 2. The van der Waals surface area contributed by atoms with Gasteiger partial charge in [0.2, 0.25) is 5.91 Å². The van der Waals surface area contributed by atoms with Crippen molar-refractivity contribution in [2.45, 2.75) is 37.8 Å². The zero-order chi connectivity index (χ0) is 15.4. The number of carbonyl (C=O) groups excluding carboxylic acids is 2. The number of hydrogen-bond acceptors (Lipinski definition) is 5. The number of thiophene rings is 1. The molecule has 7 heteroatoms. The molecule has 1 fully saturated rings. The second-order valence-electron chi connectivity index (χ2n) is 5.56. The van der Waals surface area contributed by atoms with Crippen molar-refractivity contribution >= 4 is 28.2 Å². The molecule has 0 aromatic carbocycles. The summed E-state index contributed by atoms with van der Waals surface area (Å²) in [5, 5.41) is 5.02. The maximum absolute atomic E-state index is 12.1. The summed E-state index contributed by atoms with van der Waals surface area (Å²) in [6.45, 7) is 0.302. The Morgan fingerprint density at radius 3 is 2.67 bits per heavy atom. The van der Waals surface area contributed by atoms with Crippen LogP contribution in [0, 0.1) is 0 Å². The van der Waals surface area contributed by atoms with Crippen LogP contribution in [0.4, 0.5) is 5.00 Å². The number of amides is 2. The Balaban J connectivity index is 1.86. The molecule has 0 atom stereocenters. The van der Waals surface area contributed by atoms with Crippen LogP contribution in [0.5, 0.6) is 0 Å². The van der Waals surface area contributed by atoms with Crippen LogP contribution in [0.1, 0.15) is 36.0 Å². The molecular weight excluding hydrogens is 288 g/mol. The highest BCUT2D eigenvalue weighted by molar-refractivity contribution is 7.14. The number of anilines is 1. The van der Waals surface area contributed by atoms with E-state index in [-0.39, 0.29) is 5.91 Å². The maximum Gasteiger partial charge on any atom is 0.251 e. The number of primary amides is 1. The number of nitrogens with two attached hydrogens (primary N) is 2. The van der Waals surface area contributed by atoms with Crippen molar-refractivity contribution in [3.8, 4) is 0 Å². The zero-order valence-electron chi connectivity index (χ0n) is 12.2. The molecule has 0 radical (unpaired) electrons. The van der Waals surface area contributed by atoms with Gasteiger partial charge < -0.3 is 16.8 Å². The second-order valence-corrected chi connectivity index (χ2v) is 6.48. The van der Waals surface area contributed by atoms with Crippen molar-refractivity contribution in [1.82, 2.24) is 4.90 Å². The Morgan fingerprint density at radius 2 is 2.05 bits per heavy atom. The molecule has 0 aliphatic heterocycles. The van der Waals surface area contributed by atoms with E-state index in [1.54, 1.807) is 11.4 Å². The minimum absolute atomic E-state index is 0.127. The first-order valence-corrected chi connectivity index (χ1v) is 7.98. The summed E-state index contributed by atoms with van der Waals surface area (Å²) in [6, 6.07) is 2.32. The highest BCUT2D eigenvalue weighted by atomic mass is 32.1. The van der Waals surface area contributed by atoms with Crippen molar-refractivity contribution in [3.63, 3.8) is 0 Å². The third-order valence-corrected chi connectivity index (χ3v) is 4.77. The predicted molar refractivity (Wildman–Crippen MR) is 84.3 cm³/mol. The van der Waals surface area contributed by atoms with Crippen LogP contribution in [-0.4, -0.2) is 42.4 Å². The van der Waals surface area contributed by atoms with Crippen LogP contribution in [0.3, 0.4) is 0 Å². The summed E-state index contributed by atoms with van der Waals surface area (Å²) in [5.74, 6) is -0.654. The Kier molecular flexibility index (Phi) is 5.33. The molecule has 0 unspecified atom stereocenters. The van der Waals surface area contributed by atoms with Gasteiger partial charge in [0.1, 0.15) is 5.00 Å². The zero-order valence-corrected chi connectivity index (χ0v) is 13.0. The fourth-order valence-corrected chi connectivity index (χ4v) is 3.47. The number of likely N-dealkylation sites (N-methyl/N-ethyl adjacent to an activating group) is 1. The highest BCUT2D eigenvalue weighted by Crippen LogP contribution is 2.23. The van der Waals surface area contributed by atoms with Crippen molar-refractivity contribution in [3.05, 3.63) is 17.0 Å². The summed E-state index contributed by atoms with van der Waals surface area (Å²) in [6.07, 6.45) is 4.06. The molecule has 0 spiro atoms. The van der Waals surface area contributed by atoms with Crippen LogP contribution in [0.25, 0.3) is 0 Å². The van der Waals surface area contributed by atoms with Crippen molar-refractivity contribution in [2.75, 3.05) is 18.9 Å². The molecular formula is C14H22N4O2S. The van der Waals surface area contributed by atoms with Gasteiger partial charge in [0.15, 0.2) is 0 Å². The van der Waals surface area contributed by atoms with Crippen LogP contribution < -0.4 is 16.8 Å². The third kappa shape index (κ3) is 4.26. The lowest BCUT2D eigenvalue weighted by atomic mass is 9.91.